The molecule has 0 aromatic heterocycles. The first kappa shape index (κ1) is 16.7. The van der Waals surface area contributed by atoms with Crippen LogP contribution >= 0.6 is 0 Å². The second kappa shape index (κ2) is 10.8. The lowest BCUT2D eigenvalue weighted by atomic mass is 10.2. The summed E-state index contributed by atoms with van der Waals surface area (Å²) < 4.78 is 5.75. The van der Waals surface area contributed by atoms with Crippen LogP contribution in [0.25, 0.3) is 0 Å². The van der Waals surface area contributed by atoms with Crippen molar-refractivity contribution in [3.05, 3.63) is 35.1 Å². The van der Waals surface area contributed by atoms with Gasteiger partial charge in [-0.05, 0) is 39.8 Å². The lowest BCUT2D eigenvalue weighted by Crippen LogP contribution is -1.95. The van der Waals surface area contributed by atoms with Gasteiger partial charge in [0.15, 0.2) is 0 Å². The highest BCUT2D eigenvalue weighted by atomic mass is 16.5. The van der Waals surface area contributed by atoms with Crippen molar-refractivity contribution in [3.8, 4) is 0 Å². The fourth-order valence-corrected chi connectivity index (χ4v) is 1.24. The highest BCUT2D eigenvalue weighted by molar-refractivity contribution is 5.71. The molecule has 2 nitrogen and oxygen atoms in total. The van der Waals surface area contributed by atoms with Crippen LogP contribution in [0.2, 0.25) is 0 Å². The molecule has 0 aromatic rings. The second-order valence-corrected chi connectivity index (χ2v) is 4.49. The number of allylic oxidation sites excluding steroid dienone is 5. The van der Waals surface area contributed by atoms with Crippen molar-refractivity contribution >= 4 is 6.21 Å². The predicted octanol–water partition coefficient (Wildman–Crippen LogP) is 4.69. The summed E-state index contributed by atoms with van der Waals surface area (Å²) in [5.41, 5.74) is 2.58. The average Bonchev–Trinajstić information content (AvgIpc) is 2.33. The normalized spacial score (nSPS) is 12.9. The Bertz CT molecular complexity index is 331. The Hall–Kier alpha value is -1.31. The van der Waals surface area contributed by atoms with Crippen LogP contribution in [0.15, 0.2) is 40.1 Å². The van der Waals surface area contributed by atoms with Gasteiger partial charge >= 0.3 is 0 Å². The third kappa shape index (κ3) is 9.88. The van der Waals surface area contributed by atoms with Gasteiger partial charge in [-0.25, -0.2) is 0 Å². The molecule has 0 aromatic carbocycles. The molecule has 0 spiro atoms. The van der Waals surface area contributed by atoms with Crippen molar-refractivity contribution in [2.45, 2.75) is 47.5 Å². The fourth-order valence-electron chi connectivity index (χ4n) is 1.24. The van der Waals surface area contributed by atoms with Crippen molar-refractivity contribution in [1.29, 1.82) is 0 Å². The van der Waals surface area contributed by atoms with E-state index in [0.717, 1.165) is 31.8 Å². The summed E-state index contributed by atoms with van der Waals surface area (Å²) >= 11 is 0. The Labute approximate surface area is 112 Å². The maximum atomic E-state index is 5.75. The van der Waals surface area contributed by atoms with Gasteiger partial charge in [-0.3, -0.25) is 4.99 Å². The molecule has 0 rings (SSSR count). The van der Waals surface area contributed by atoms with Gasteiger partial charge < -0.3 is 4.74 Å². The molecule has 2 heteroatoms. The molecule has 0 atom stereocenters. The van der Waals surface area contributed by atoms with Crippen LogP contribution in [0.3, 0.4) is 0 Å². The molecule has 18 heavy (non-hydrogen) atoms. The largest absolute Gasteiger partial charge is 0.498 e. The van der Waals surface area contributed by atoms with E-state index in [4.69, 9.17) is 4.74 Å². The molecule has 0 unspecified atom stereocenters. The minimum Gasteiger partial charge on any atom is -0.498 e. The first-order valence-corrected chi connectivity index (χ1v) is 6.72. The van der Waals surface area contributed by atoms with E-state index >= 15 is 0 Å². The number of nitrogens with zero attached hydrogens (tertiary/aromatic N) is 1. The van der Waals surface area contributed by atoms with Crippen LogP contribution in [0.4, 0.5) is 0 Å². The smallest absolute Gasteiger partial charge is 0.0957 e. The maximum Gasteiger partial charge on any atom is 0.0957 e. The highest BCUT2D eigenvalue weighted by Crippen LogP contribution is 2.07. The van der Waals surface area contributed by atoms with Crippen molar-refractivity contribution in [2.75, 3.05) is 13.2 Å². The molecule has 0 saturated carbocycles. The molecule has 0 amide bonds. The molecule has 102 valence electrons. The second-order valence-electron chi connectivity index (χ2n) is 4.49. The van der Waals surface area contributed by atoms with E-state index in [-0.39, 0.29) is 0 Å². The van der Waals surface area contributed by atoms with Crippen LogP contribution in [-0.2, 0) is 4.74 Å². The number of ether oxygens (including phenoxy) is 1. The van der Waals surface area contributed by atoms with Crippen LogP contribution in [0.1, 0.15) is 47.5 Å². The summed E-state index contributed by atoms with van der Waals surface area (Å²) in [6.07, 6.45) is 9.96. The molecular formula is C16H27NO. The van der Waals surface area contributed by atoms with Crippen LogP contribution in [0, 0.1) is 0 Å². The SMILES string of the molecule is CC/N=C\C=C(/C)CCO/C(=C/C=C(C)C)CC. The van der Waals surface area contributed by atoms with Gasteiger partial charge in [-0.2, -0.15) is 0 Å². The van der Waals surface area contributed by atoms with E-state index < -0.39 is 0 Å². The minimum atomic E-state index is 0.735. The van der Waals surface area contributed by atoms with Gasteiger partial charge in [-0.15, -0.1) is 0 Å². The number of hydrogen-bond acceptors (Lipinski definition) is 2. The molecule has 0 heterocycles. The fraction of sp³-hybridized carbons (Fsp3) is 0.562. The van der Waals surface area contributed by atoms with E-state index in [1.807, 2.05) is 13.1 Å². The number of aliphatic imine (C=N–C) groups is 1. The molecule has 0 fully saturated rings. The molecular weight excluding hydrogens is 222 g/mol. The van der Waals surface area contributed by atoms with Gasteiger partial charge in [0.25, 0.3) is 0 Å². The zero-order valence-electron chi connectivity index (χ0n) is 12.5. The predicted molar refractivity (Wildman–Crippen MR) is 81.2 cm³/mol. The first-order valence-electron chi connectivity index (χ1n) is 6.72. The summed E-state index contributed by atoms with van der Waals surface area (Å²) in [5.74, 6) is 1.05. The van der Waals surface area contributed by atoms with Gasteiger partial charge in [0.1, 0.15) is 0 Å². The Kier molecular flexibility index (Phi) is 10.0. The van der Waals surface area contributed by atoms with Crippen LogP contribution in [-0.4, -0.2) is 19.4 Å². The van der Waals surface area contributed by atoms with Crippen molar-refractivity contribution < 1.29 is 4.74 Å². The Morgan fingerprint density at radius 3 is 2.33 bits per heavy atom. The lowest BCUT2D eigenvalue weighted by molar-refractivity contribution is 0.208. The standard InChI is InChI=1S/C16H27NO/c1-6-16(9-8-14(3)4)18-13-11-15(5)10-12-17-7-2/h8-10,12H,6-7,11,13H2,1-5H3/b15-10+,16-9+,17-12-. The summed E-state index contributed by atoms with van der Waals surface area (Å²) in [7, 11) is 0. The lowest BCUT2D eigenvalue weighted by Gasteiger charge is -2.08. The molecule has 0 N–H and O–H groups in total. The van der Waals surface area contributed by atoms with E-state index in [1.54, 1.807) is 0 Å². The van der Waals surface area contributed by atoms with Crippen molar-refractivity contribution in [2.24, 2.45) is 4.99 Å². The highest BCUT2D eigenvalue weighted by Gasteiger charge is 1.95. The van der Waals surface area contributed by atoms with Gasteiger partial charge in [0.2, 0.25) is 0 Å². The van der Waals surface area contributed by atoms with Crippen molar-refractivity contribution in [1.82, 2.24) is 0 Å². The summed E-state index contributed by atoms with van der Waals surface area (Å²) in [6.45, 7) is 12.0. The molecule has 0 aliphatic heterocycles. The quantitative estimate of drug-likeness (QED) is 0.347. The molecule has 0 saturated heterocycles. The van der Waals surface area contributed by atoms with Crippen molar-refractivity contribution in [3.63, 3.8) is 0 Å². The molecule has 0 aliphatic rings. The zero-order chi connectivity index (χ0) is 13.8. The first-order chi connectivity index (χ1) is 8.60. The van der Waals surface area contributed by atoms with Gasteiger partial charge in [0, 0.05) is 25.6 Å². The van der Waals surface area contributed by atoms with Gasteiger partial charge in [0.05, 0.1) is 12.4 Å². The third-order valence-electron chi connectivity index (χ3n) is 2.38. The molecule has 0 radical (unpaired) electrons. The van der Waals surface area contributed by atoms with Gasteiger partial charge in [-0.1, -0.05) is 24.1 Å². The zero-order valence-corrected chi connectivity index (χ0v) is 12.5. The topological polar surface area (TPSA) is 21.6 Å². The summed E-state index contributed by atoms with van der Waals surface area (Å²) in [5, 5.41) is 0. The van der Waals surface area contributed by atoms with E-state index in [1.165, 1.54) is 11.1 Å². The maximum absolute atomic E-state index is 5.75. The summed E-state index contributed by atoms with van der Waals surface area (Å²) in [6, 6.07) is 0. The Balaban J connectivity index is 4.08. The summed E-state index contributed by atoms with van der Waals surface area (Å²) in [4.78, 5) is 4.16. The number of hydrogen-bond donors (Lipinski definition) is 0. The Morgan fingerprint density at radius 1 is 1.06 bits per heavy atom. The van der Waals surface area contributed by atoms with E-state index in [2.05, 4.69) is 50.9 Å². The van der Waals surface area contributed by atoms with E-state index in [0.29, 0.717) is 0 Å². The molecule has 0 aliphatic carbocycles. The van der Waals surface area contributed by atoms with E-state index in [9.17, 15) is 0 Å². The Morgan fingerprint density at radius 2 is 1.78 bits per heavy atom. The monoisotopic (exact) mass is 249 g/mol. The molecule has 0 bridgehead atoms. The average molecular weight is 249 g/mol. The number of rotatable bonds is 8. The third-order valence-corrected chi connectivity index (χ3v) is 2.38. The van der Waals surface area contributed by atoms with Crippen LogP contribution in [0.5, 0.6) is 0 Å². The minimum absolute atomic E-state index is 0.735. The van der Waals surface area contributed by atoms with Crippen LogP contribution < -0.4 is 0 Å².